The van der Waals surface area contributed by atoms with Crippen molar-refractivity contribution in [1.82, 2.24) is 5.32 Å². The molecule has 0 aliphatic rings. The molecule has 2 unspecified atom stereocenters. The number of halogens is 7. The zero-order valence-electron chi connectivity index (χ0n) is 14.5. The SMILES string of the molecule is COC(=O)C(NC(=O)OCc1ccccc1)C(C)C(F)(F)C(F)(F)C(F)(F)F. The van der Waals surface area contributed by atoms with E-state index in [0.29, 0.717) is 12.7 Å². The monoisotopic (exact) mass is 419 g/mol. The van der Waals surface area contributed by atoms with E-state index in [2.05, 4.69) is 9.47 Å². The number of nitrogens with one attached hydrogen (secondary N) is 1. The maximum absolute atomic E-state index is 13.9. The number of rotatable bonds is 7. The number of carbonyl (C=O) groups excluding carboxylic acids is 2. The summed E-state index contributed by atoms with van der Waals surface area (Å²) in [6.07, 6.45) is -8.07. The first-order valence-electron chi connectivity index (χ1n) is 7.63. The quantitative estimate of drug-likeness (QED) is 0.538. The normalized spacial score (nSPS) is 14.8. The largest absolute Gasteiger partial charge is 0.467 e. The maximum atomic E-state index is 13.9. The van der Waals surface area contributed by atoms with E-state index in [0.717, 1.165) is 0 Å². The van der Waals surface area contributed by atoms with Gasteiger partial charge in [0.05, 0.1) is 13.0 Å². The summed E-state index contributed by atoms with van der Waals surface area (Å²) >= 11 is 0. The van der Waals surface area contributed by atoms with E-state index in [1.54, 1.807) is 23.5 Å². The number of alkyl halides is 7. The first kappa shape index (κ1) is 23.5. The highest BCUT2D eigenvalue weighted by Crippen LogP contribution is 2.50. The number of alkyl carbamates (subject to hydrolysis) is 1. The predicted molar refractivity (Wildman–Crippen MR) is 80.7 cm³/mol. The van der Waals surface area contributed by atoms with Crippen LogP contribution in [0.3, 0.4) is 0 Å². The van der Waals surface area contributed by atoms with Crippen LogP contribution in [0.15, 0.2) is 30.3 Å². The summed E-state index contributed by atoms with van der Waals surface area (Å²) in [6, 6.07) is 5.38. The number of hydrogen-bond acceptors (Lipinski definition) is 4. The number of hydrogen-bond donors (Lipinski definition) is 1. The van der Waals surface area contributed by atoms with Crippen molar-refractivity contribution in [3.63, 3.8) is 0 Å². The van der Waals surface area contributed by atoms with Crippen LogP contribution in [0, 0.1) is 5.92 Å². The first-order chi connectivity index (χ1) is 12.8. The van der Waals surface area contributed by atoms with Crippen molar-refractivity contribution in [2.75, 3.05) is 7.11 Å². The molecule has 0 saturated heterocycles. The van der Waals surface area contributed by atoms with E-state index in [9.17, 15) is 40.3 Å². The summed E-state index contributed by atoms with van der Waals surface area (Å²) in [5.41, 5.74) is 0.467. The zero-order chi connectivity index (χ0) is 21.8. The second kappa shape index (κ2) is 8.65. The van der Waals surface area contributed by atoms with Crippen LogP contribution in [0.4, 0.5) is 35.5 Å². The molecule has 0 heterocycles. The Kier molecular flexibility index (Phi) is 7.26. The molecule has 1 aromatic rings. The van der Waals surface area contributed by atoms with Gasteiger partial charge < -0.3 is 14.8 Å². The third-order valence-electron chi connectivity index (χ3n) is 3.79. The van der Waals surface area contributed by atoms with Gasteiger partial charge in [-0.3, -0.25) is 0 Å². The molecule has 0 spiro atoms. The molecule has 0 bridgehead atoms. The second-order valence-corrected chi connectivity index (χ2v) is 5.69. The lowest BCUT2D eigenvalue weighted by Gasteiger charge is -2.35. The molecule has 2 atom stereocenters. The summed E-state index contributed by atoms with van der Waals surface area (Å²) in [5, 5.41) is 1.55. The minimum absolute atomic E-state index is 0.249. The van der Waals surface area contributed by atoms with Crippen molar-refractivity contribution < 1.29 is 49.8 Å². The van der Waals surface area contributed by atoms with Crippen LogP contribution in [0.1, 0.15) is 12.5 Å². The van der Waals surface area contributed by atoms with Crippen molar-refractivity contribution in [3.8, 4) is 0 Å². The molecule has 0 saturated carbocycles. The molecule has 0 aromatic heterocycles. The Morgan fingerprint density at radius 1 is 1.04 bits per heavy atom. The molecule has 1 rings (SSSR count). The van der Waals surface area contributed by atoms with Crippen LogP contribution in [0.5, 0.6) is 0 Å². The van der Waals surface area contributed by atoms with Gasteiger partial charge >= 0.3 is 30.1 Å². The molecular weight excluding hydrogens is 403 g/mol. The number of carbonyl (C=O) groups is 2. The minimum Gasteiger partial charge on any atom is -0.467 e. The molecule has 5 nitrogen and oxygen atoms in total. The maximum Gasteiger partial charge on any atom is 0.459 e. The highest BCUT2D eigenvalue weighted by molar-refractivity contribution is 5.81. The lowest BCUT2D eigenvalue weighted by atomic mass is 9.90. The second-order valence-electron chi connectivity index (χ2n) is 5.69. The summed E-state index contributed by atoms with van der Waals surface area (Å²) in [5.74, 6) is -16.8. The molecule has 1 N–H and O–H groups in total. The van der Waals surface area contributed by atoms with E-state index in [4.69, 9.17) is 0 Å². The Morgan fingerprint density at radius 3 is 2.04 bits per heavy atom. The van der Waals surface area contributed by atoms with E-state index in [1.165, 1.54) is 12.1 Å². The van der Waals surface area contributed by atoms with Crippen molar-refractivity contribution in [3.05, 3.63) is 35.9 Å². The van der Waals surface area contributed by atoms with Crippen LogP contribution in [0.2, 0.25) is 0 Å². The average Bonchev–Trinajstić information content (AvgIpc) is 2.63. The Bertz CT molecular complexity index is 679. The van der Waals surface area contributed by atoms with E-state index < -0.39 is 42.0 Å². The molecule has 0 fully saturated rings. The van der Waals surface area contributed by atoms with Crippen LogP contribution in [0.25, 0.3) is 0 Å². The van der Waals surface area contributed by atoms with Gasteiger partial charge in [0.2, 0.25) is 0 Å². The van der Waals surface area contributed by atoms with Gasteiger partial charge in [-0.15, -0.1) is 0 Å². The van der Waals surface area contributed by atoms with Crippen molar-refractivity contribution in [1.29, 1.82) is 0 Å². The highest BCUT2D eigenvalue weighted by Gasteiger charge is 2.75. The third kappa shape index (κ3) is 5.04. The Hall–Kier alpha value is -2.53. The van der Waals surface area contributed by atoms with Gasteiger partial charge in [-0.25, -0.2) is 9.59 Å². The number of amides is 1. The molecule has 1 aromatic carbocycles. The summed E-state index contributed by atoms with van der Waals surface area (Å²) in [6.45, 7) is -0.122. The zero-order valence-corrected chi connectivity index (χ0v) is 14.5. The van der Waals surface area contributed by atoms with Crippen LogP contribution < -0.4 is 5.32 Å². The van der Waals surface area contributed by atoms with Crippen molar-refractivity contribution in [2.24, 2.45) is 5.92 Å². The number of methoxy groups -OCH3 is 1. The van der Waals surface area contributed by atoms with Gasteiger partial charge in [0.1, 0.15) is 12.6 Å². The molecule has 12 heteroatoms. The van der Waals surface area contributed by atoms with E-state index in [-0.39, 0.29) is 13.5 Å². The fourth-order valence-electron chi connectivity index (χ4n) is 2.09. The molecule has 28 heavy (non-hydrogen) atoms. The van der Waals surface area contributed by atoms with E-state index in [1.807, 2.05) is 0 Å². The highest BCUT2D eigenvalue weighted by atomic mass is 19.4. The third-order valence-corrected chi connectivity index (χ3v) is 3.79. The van der Waals surface area contributed by atoms with Crippen LogP contribution in [-0.4, -0.2) is 43.2 Å². The Labute approximate surface area is 154 Å². The summed E-state index contributed by atoms with van der Waals surface area (Å²) in [4.78, 5) is 23.4. The van der Waals surface area contributed by atoms with Crippen molar-refractivity contribution >= 4 is 12.1 Å². The van der Waals surface area contributed by atoms with Gasteiger partial charge in [0.15, 0.2) is 0 Å². The van der Waals surface area contributed by atoms with Gasteiger partial charge in [-0.1, -0.05) is 37.3 Å². The van der Waals surface area contributed by atoms with Gasteiger partial charge in [0.25, 0.3) is 0 Å². The van der Waals surface area contributed by atoms with Crippen molar-refractivity contribution in [2.45, 2.75) is 37.6 Å². The lowest BCUT2D eigenvalue weighted by Crippen LogP contribution is -2.61. The molecule has 0 aliphatic carbocycles. The molecule has 158 valence electrons. The van der Waals surface area contributed by atoms with Gasteiger partial charge in [-0.05, 0) is 5.56 Å². The van der Waals surface area contributed by atoms with E-state index >= 15 is 0 Å². The fourth-order valence-corrected chi connectivity index (χ4v) is 2.09. The molecular formula is C16H16F7NO4. The Morgan fingerprint density at radius 2 is 1.57 bits per heavy atom. The molecule has 0 radical (unpaired) electrons. The van der Waals surface area contributed by atoms with Crippen LogP contribution in [-0.2, 0) is 20.9 Å². The predicted octanol–water partition coefficient (Wildman–Crippen LogP) is 3.92. The van der Waals surface area contributed by atoms with Gasteiger partial charge in [0, 0.05) is 0 Å². The number of benzene rings is 1. The summed E-state index contributed by atoms with van der Waals surface area (Å²) < 4.78 is 100. The number of ether oxygens (including phenoxy) is 2. The first-order valence-corrected chi connectivity index (χ1v) is 7.63. The summed E-state index contributed by atoms with van der Waals surface area (Å²) in [7, 11) is 0.680. The smallest absolute Gasteiger partial charge is 0.459 e. The lowest BCUT2D eigenvalue weighted by molar-refractivity contribution is -0.365. The topological polar surface area (TPSA) is 64.6 Å². The minimum atomic E-state index is -6.58. The fraction of sp³-hybridized carbons (Fsp3) is 0.500. The standard InChI is InChI=1S/C16H16F7NO4/c1-9(14(17,18)15(19,20)16(21,22)23)11(12(25)27-2)24-13(26)28-8-10-6-4-3-5-7-10/h3-7,9,11H,8H2,1-2H3,(H,24,26). The molecule has 0 aliphatic heterocycles. The Balaban J connectivity index is 2.98. The number of esters is 1. The van der Waals surface area contributed by atoms with Gasteiger partial charge in [-0.2, -0.15) is 30.7 Å². The van der Waals surface area contributed by atoms with Crippen LogP contribution >= 0.6 is 0 Å². The average molecular weight is 419 g/mol. The molecule has 1 amide bonds.